The number of para-hydroxylation sites is 1. The van der Waals surface area contributed by atoms with Gasteiger partial charge in [0, 0.05) is 6.42 Å². The van der Waals surface area contributed by atoms with Gasteiger partial charge in [-0.05, 0) is 37.0 Å². The van der Waals surface area contributed by atoms with Crippen molar-refractivity contribution >= 4 is 5.97 Å². The van der Waals surface area contributed by atoms with Gasteiger partial charge in [0.2, 0.25) is 0 Å². The number of benzene rings is 1. The maximum atomic E-state index is 10.4. The van der Waals surface area contributed by atoms with E-state index in [1.54, 1.807) is 0 Å². The van der Waals surface area contributed by atoms with Crippen molar-refractivity contribution in [1.82, 2.24) is 0 Å². The Balaban J connectivity index is 2.57. The van der Waals surface area contributed by atoms with Crippen molar-refractivity contribution in [3.8, 4) is 5.75 Å². The van der Waals surface area contributed by atoms with Gasteiger partial charge in [-0.1, -0.05) is 24.8 Å². The van der Waals surface area contributed by atoms with Crippen LogP contribution in [-0.2, 0) is 11.2 Å². The first-order valence-electron chi connectivity index (χ1n) is 5.66. The number of ether oxygens (including phenoxy) is 1. The predicted molar refractivity (Wildman–Crippen MR) is 67.3 cm³/mol. The molecule has 0 spiro atoms. The molecule has 0 saturated carbocycles. The van der Waals surface area contributed by atoms with Crippen molar-refractivity contribution in [2.24, 2.45) is 0 Å². The van der Waals surface area contributed by atoms with Gasteiger partial charge in [-0.25, -0.2) is 0 Å². The summed E-state index contributed by atoms with van der Waals surface area (Å²) in [5.41, 5.74) is 2.01. The zero-order valence-electron chi connectivity index (χ0n) is 10.1. The highest BCUT2D eigenvalue weighted by Crippen LogP contribution is 2.20. The molecule has 3 nitrogen and oxygen atoms in total. The lowest BCUT2D eigenvalue weighted by Gasteiger charge is -2.10. The van der Waals surface area contributed by atoms with Gasteiger partial charge < -0.3 is 9.84 Å². The van der Waals surface area contributed by atoms with E-state index in [0.29, 0.717) is 13.0 Å². The summed E-state index contributed by atoms with van der Waals surface area (Å²) in [6, 6.07) is 7.72. The summed E-state index contributed by atoms with van der Waals surface area (Å²) >= 11 is 0. The molecular weight excluding hydrogens is 216 g/mol. The number of rotatable bonds is 7. The third-order valence-corrected chi connectivity index (χ3v) is 2.28. The van der Waals surface area contributed by atoms with Gasteiger partial charge in [-0.3, -0.25) is 4.79 Å². The number of aryl methyl sites for hydroxylation is 1. The second-order valence-electron chi connectivity index (χ2n) is 4.10. The fourth-order valence-corrected chi connectivity index (χ4v) is 1.48. The largest absolute Gasteiger partial charge is 0.489 e. The molecule has 92 valence electrons. The van der Waals surface area contributed by atoms with Crippen molar-refractivity contribution in [2.45, 2.75) is 26.2 Å². The zero-order chi connectivity index (χ0) is 12.7. The molecule has 0 fully saturated rings. The highest BCUT2D eigenvalue weighted by Gasteiger charge is 2.04. The van der Waals surface area contributed by atoms with Gasteiger partial charge >= 0.3 is 5.97 Å². The first-order valence-corrected chi connectivity index (χ1v) is 5.66. The third-order valence-electron chi connectivity index (χ3n) is 2.28. The molecule has 0 atom stereocenters. The van der Waals surface area contributed by atoms with E-state index < -0.39 is 5.97 Å². The van der Waals surface area contributed by atoms with Crippen LogP contribution in [0.1, 0.15) is 25.3 Å². The molecule has 0 aliphatic carbocycles. The van der Waals surface area contributed by atoms with Crippen LogP contribution in [0.2, 0.25) is 0 Å². The van der Waals surface area contributed by atoms with Crippen LogP contribution in [0.15, 0.2) is 36.4 Å². The van der Waals surface area contributed by atoms with Crippen LogP contribution in [0.3, 0.4) is 0 Å². The second-order valence-corrected chi connectivity index (χ2v) is 4.10. The summed E-state index contributed by atoms with van der Waals surface area (Å²) in [4.78, 5) is 10.4. The molecule has 1 aromatic rings. The number of carboxylic acid groups (broad SMARTS) is 1. The van der Waals surface area contributed by atoms with Crippen LogP contribution in [0.25, 0.3) is 0 Å². The summed E-state index contributed by atoms with van der Waals surface area (Å²) in [6.07, 6.45) is 1.54. The molecule has 1 aromatic carbocycles. The molecular formula is C14H18O3. The molecule has 3 heteroatoms. The van der Waals surface area contributed by atoms with Crippen LogP contribution in [0.5, 0.6) is 5.75 Å². The Morgan fingerprint density at radius 1 is 1.41 bits per heavy atom. The molecule has 0 aromatic heterocycles. The SMILES string of the molecule is C=C(C)COc1ccccc1CCCC(=O)O. The molecule has 17 heavy (non-hydrogen) atoms. The number of hydrogen-bond donors (Lipinski definition) is 1. The van der Waals surface area contributed by atoms with Crippen molar-refractivity contribution in [2.75, 3.05) is 6.61 Å². The molecule has 0 aliphatic rings. The Hall–Kier alpha value is -1.77. The molecule has 0 bridgehead atoms. The quantitative estimate of drug-likeness (QED) is 0.737. The number of aliphatic carboxylic acids is 1. The van der Waals surface area contributed by atoms with Crippen molar-refractivity contribution in [1.29, 1.82) is 0 Å². The third kappa shape index (κ3) is 5.20. The number of hydrogen-bond acceptors (Lipinski definition) is 2. The summed E-state index contributed by atoms with van der Waals surface area (Å²) in [5.74, 6) is 0.0613. The minimum absolute atomic E-state index is 0.189. The molecule has 0 aliphatic heterocycles. The predicted octanol–water partition coefficient (Wildman–Crippen LogP) is 3.05. The Morgan fingerprint density at radius 3 is 2.76 bits per heavy atom. The molecule has 1 rings (SSSR count). The first-order chi connectivity index (χ1) is 8.09. The molecule has 1 N–H and O–H groups in total. The van der Waals surface area contributed by atoms with Crippen LogP contribution in [-0.4, -0.2) is 17.7 Å². The van der Waals surface area contributed by atoms with Crippen LogP contribution in [0, 0.1) is 0 Å². The van der Waals surface area contributed by atoms with E-state index >= 15 is 0 Å². The Bertz CT molecular complexity index is 396. The van der Waals surface area contributed by atoms with Crippen molar-refractivity contribution in [3.63, 3.8) is 0 Å². The van der Waals surface area contributed by atoms with E-state index in [1.807, 2.05) is 31.2 Å². The summed E-state index contributed by atoms with van der Waals surface area (Å²) in [7, 11) is 0. The average molecular weight is 234 g/mol. The van der Waals surface area contributed by atoms with Gasteiger partial charge in [-0.15, -0.1) is 0 Å². The van der Waals surface area contributed by atoms with Crippen molar-refractivity contribution < 1.29 is 14.6 Å². The van der Waals surface area contributed by atoms with Crippen molar-refractivity contribution in [3.05, 3.63) is 42.0 Å². The van der Waals surface area contributed by atoms with E-state index in [0.717, 1.165) is 23.3 Å². The highest BCUT2D eigenvalue weighted by molar-refractivity contribution is 5.66. The van der Waals surface area contributed by atoms with E-state index in [2.05, 4.69) is 6.58 Å². The Kier molecular flexibility index (Phi) is 5.27. The lowest BCUT2D eigenvalue weighted by Crippen LogP contribution is -2.01. The molecule has 0 saturated heterocycles. The van der Waals surface area contributed by atoms with E-state index in [4.69, 9.17) is 9.84 Å². The molecule has 0 unspecified atom stereocenters. The number of carbonyl (C=O) groups is 1. The normalized spacial score (nSPS) is 9.94. The van der Waals surface area contributed by atoms with Gasteiger partial charge in [0.1, 0.15) is 12.4 Å². The van der Waals surface area contributed by atoms with E-state index in [-0.39, 0.29) is 6.42 Å². The summed E-state index contributed by atoms with van der Waals surface area (Å²) in [5, 5.41) is 8.59. The first kappa shape index (κ1) is 13.3. The monoisotopic (exact) mass is 234 g/mol. The maximum Gasteiger partial charge on any atom is 0.303 e. The van der Waals surface area contributed by atoms with Gasteiger partial charge in [0.15, 0.2) is 0 Å². The lowest BCUT2D eigenvalue weighted by atomic mass is 10.1. The smallest absolute Gasteiger partial charge is 0.303 e. The van der Waals surface area contributed by atoms with Gasteiger partial charge in [0.05, 0.1) is 0 Å². The Morgan fingerprint density at radius 2 is 2.12 bits per heavy atom. The minimum Gasteiger partial charge on any atom is -0.489 e. The lowest BCUT2D eigenvalue weighted by molar-refractivity contribution is -0.137. The fraction of sp³-hybridized carbons (Fsp3) is 0.357. The van der Waals surface area contributed by atoms with Crippen LogP contribution in [0.4, 0.5) is 0 Å². The van der Waals surface area contributed by atoms with E-state index in [9.17, 15) is 4.79 Å². The summed E-state index contributed by atoms with van der Waals surface area (Å²) in [6.45, 7) is 6.19. The van der Waals surface area contributed by atoms with Gasteiger partial charge in [-0.2, -0.15) is 0 Å². The second kappa shape index (κ2) is 6.74. The zero-order valence-corrected chi connectivity index (χ0v) is 10.1. The van der Waals surface area contributed by atoms with Crippen LogP contribution >= 0.6 is 0 Å². The topological polar surface area (TPSA) is 46.5 Å². The molecule has 0 heterocycles. The number of carboxylic acids is 1. The minimum atomic E-state index is -0.759. The Labute approximate surface area is 102 Å². The molecule has 0 amide bonds. The average Bonchev–Trinajstić information content (AvgIpc) is 2.27. The molecule has 0 radical (unpaired) electrons. The maximum absolute atomic E-state index is 10.4. The van der Waals surface area contributed by atoms with Crippen LogP contribution < -0.4 is 4.74 Å². The highest BCUT2D eigenvalue weighted by atomic mass is 16.5. The van der Waals surface area contributed by atoms with Gasteiger partial charge in [0.25, 0.3) is 0 Å². The summed E-state index contributed by atoms with van der Waals surface area (Å²) < 4.78 is 5.61. The fourth-order valence-electron chi connectivity index (χ4n) is 1.48. The van der Waals surface area contributed by atoms with E-state index in [1.165, 1.54) is 0 Å². The standard InChI is InChI=1S/C14H18O3/c1-11(2)10-17-13-8-4-3-6-12(13)7-5-9-14(15)16/h3-4,6,8H,1,5,7,9-10H2,2H3,(H,15,16).